The third-order valence-corrected chi connectivity index (χ3v) is 4.13. The van der Waals surface area contributed by atoms with E-state index in [9.17, 15) is 0 Å². The lowest BCUT2D eigenvalue weighted by atomic mass is 9.75. The molecule has 0 aromatic heterocycles. The van der Waals surface area contributed by atoms with Gasteiger partial charge in [0, 0.05) is 0 Å². The Balaban J connectivity index is 0.00000106. The topological polar surface area (TPSA) is 0 Å². The maximum Gasteiger partial charge on any atom is -0.0388 e. The summed E-state index contributed by atoms with van der Waals surface area (Å²) < 4.78 is 0. The lowest BCUT2D eigenvalue weighted by Gasteiger charge is -2.30. The van der Waals surface area contributed by atoms with Crippen molar-refractivity contribution in [3.05, 3.63) is 0 Å². The zero-order valence-electron chi connectivity index (χ0n) is 12.4. The monoisotopic (exact) mass is 226 g/mol. The van der Waals surface area contributed by atoms with E-state index in [4.69, 9.17) is 0 Å². The normalized spacial score (nSPS) is 26.8. The van der Waals surface area contributed by atoms with Crippen molar-refractivity contribution in [3.63, 3.8) is 0 Å². The van der Waals surface area contributed by atoms with Gasteiger partial charge in [0.15, 0.2) is 0 Å². The third kappa shape index (κ3) is 6.55. The van der Waals surface area contributed by atoms with Crippen molar-refractivity contribution in [1.29, 1.82) is 0 Å². The number of hydrogen-bond donors (Lipinski definition) is 0. The first-order valence-corrected chi connectivity index (χ1v) is 7.74. The molecule has 0 heterocycles. The second-order valence-electron chi connectivity index (χ2n) is 5.49. The molecule has 1 atom stereocenters. The molecule has 1 fully saturated rings. The first-order chi connectivity index (χ1) is 7.74. The zero-order chi connectivity index (χ0) is 12.4. The van der Waals surface area contributed by atoms with Crippen LogP contribution in [0.5, 0.6) is 0 Å². The molecule has 0 nitrogen and oxygen atoms in total. The molecule has 98 valence electrons. The summed E-state index contributed by atoms with van der Waals surface area (Å²) in [6.07, 6.45) is 11.7. The third-order valence-electron chi connectivity index (χ3n) is 4.13. The van der Waals surface area contributed by atoms with Crippen molar-refractivity contribution in [2.75, 3.05) is 0 Å². The van der Waals surface area contributed by atoms with E-state index < -0.39 is 0 Å². The Kier molecular flexibility index (Phi) is 10.2. The summed E-state index contributed by atoms with van der Waals surface area (Å²) in [5.74, 6) is 3.06. The van der Waals surface area contributed by atoms with E-state index in [0.717, 1.165) is 17.8 Å². The summed E-state index contributed by atoms with van der Waals surface area (Å²) in [5, 5.41) is 0. The lowest BCUT2D eigenvalue weighted by Crippen LogP contribution is -2.18. The molecule has 0 bridgehead atoms. The van der Waals surface area contributed by atoms with E-state index in [1.165, 1.54) is 51.4 Å². The van der Waals surface area contributed by atoms with Gasteiger partial charge in [-0.05, 0) is 30.6 Å². The number of rotatable bonds is 5. The van der Waals surface area contributed by atoms with Gasteiger partial charge in [0.2, 0.25) is 0 Å². The first kappa shape index (κ1) is 16.0. The van der Waals surface area contributed by atoms with Crippen LogP contribution in [0.2, 0.25) is 0 Å². The van der Waals surface area contributed by atoms with Crippen LogP contribution in [0.4, 0.5) is 0 Å². The van der Waals surface area contributed by atoms with Crippen LogP contribution in [0.1, 0.15) is 86.0 Å². The van der Waals surface area contributed by atoms with Crippen LogP contribution >= 0.6 is 0 Å². The van der Waals surface area contributed by atoms with Gasteiger partial charge in [-0.25, -0.2) is 0 Å². The molecule has 1 aliphatic carbocycles. The molecular formula is C16H34. The van der Waals surface area contributed by atoms with Crippen LogP contribution in [-0.4, -0.2) is 0 Å². The molecule has 0 radical (unpaired) electrons. The Bertz CT molecular complexity index is 131. The van der Waals surface area contributed by atoms with E-state index >= 15 is 0 Å². The Labute approximate surface area is 104 Å². The summed E-state index contributed by atoms with van der Waals surface area (Å²) >= 11 is 0. The van der Waals surface area contributed by atoms with Crippen LogP contribution in [0, 0.1) is 17.8 Å². The van der Waals surface area contributed by atoms with E-state index in [-0.39, 0.29) is 0 Å². The molecule has 0 aromatic rings. The smallest absolute Gasteiger partial charge is 0.0388 e. The minimum absolute atomic E-state index is 0.994. The van der Waals surface area contributed by atoms with Gasteiger partial charge < -0.3 is 0 Å². The second kappa shape index (κ2) is 10.2. The lowest BCUT2D eigenvalue weighted by molar-refractivity contribution is 0.212. The molecule has 16 heavy (non-hydrogen) atoms. The first-order valence-electron chi connectivity index (χ1n) is 7.74. The molecule has 1 rings (SSSR count). The average Bonchev–Trinajstić information content (AvgIpc) is 2.33. The number of unbranched alkanes of at least 4 members (excludes halogenated alkanes) is 2. The maximum absolute atomic E-state index is 2.48. The fraction of sp³-hybridized carbons (Fsp3) is 1.00. The summed E-state index contributed by atoms with van der Waals surface area (Å²) in [6.45, 7) is 11.2. The predicted octanol–water partition coefficient (Wildman–Crippen LogP) is 6.06. The largest absolute Gasteiger partial charge is 0.0683 e. The van der Waals surface area contributed by atoms with Crippen LogP contribution in [0.3, 0.4) is 0 Å². The highest BCUT2D eigenvalue weighted by Gasteiger charge is 2.22. The maximum atomic E-state index is 2.48. The Hall–Kier alpha value is 0. The van der Waals surface area contributed by atoms with Crippen LogP contribution in [0.25, 0.3) is 0 Å². The predicted molar refractivity (Wildman–Crippen MR) is 75.8 cm³/mol. The molecule has 1 aliphatic rings. The Morgan fingerprint density at radius 2 is 1.56 bits per heavy atom. The van der Waals surface area contributed by atoms with Gasteiger partial charge >= 0.3 is 0 Å². The van der Waals surface area contributed by atoms with E-state index in [1.807, 2.05) is 13.8 Å². The molecule has 0 amide bonds. The molecule has 0 unspecified atom stereocenters. The summed E-state index contributed by atoms with van der Waals surface area (Å²) in [4.78, 5) is 0. The average molecular weight is 226 g/mol. The second-order valence-corrected chi connectivity index (χ2v) is 5.49. The van der Waals surface area contributed by atoms with Gasteiger partial charge in [0.05, 0.1) is 0 Å². The Morgan fingerprint density at radius 1 is 1.00 bits per heavy atom. The fourth-order valence-electron chi connectivity index (χ4n) is 2.81. The molecule has 0 aromatic carbocycles. The zero-order valence-corrected chi connectivity index (χ0v) is 12.4. The van der Waals surface area contributed by atoms with Gasteiger partial charge in [0.25, 0.3) is 0 Å². The minimum atomic E-state index is 0.994. The van der Waals surface area contributed by atoms with Gasteiger partial charge in [-0.2, -0.15) is 0 Å². The van der Waals surface area contributed by atoms with Crippen molar-refractivity contribution in [1.82, 2.24) is 0 Å². The molecule has 1 saturated carbocycles. The van der Waals surface area contributed by atoms with Gasteiger partial charge in [-0.15, -0.1) is 0 Å². The number of hydrogen-bond acceptors (Lipinski definition) is 0. The summed E-state index contributed by atoms with van der Waals surface area (Å²) in [7, 11) is 0. The van der Waals surface area contributed by atoms with Gasteiger partial charge in [0.1, 0.15) is 0 Å². The van der Waals surface area contributed by atoms with E-state index in [1.54, 1.807) is 0 Å². The van der Waals surface area contributed by atoms with E-state index in [2.05, 4.69) is 20.8 Å². The summed E-state index contributed by atoms with van der Waals surface area (Å²) in [6, 6.07) is 0. The SMILES string of the molecule is CC.CCCCC[C@H](C)C1CCC(C)CC1. The molecule has 0 heteroatoms. The van der Waals surface area contributed by atoms with Gasteiger partial charge in [-0.3, -0.25) is 0 Å². The van der Waals surface area contributed by atoms with Crippen molar-refractivity contribution in [2.45, 2.75) is 86.0 Å². The molecule has 0 spiro atoms. The Morgan fingerprint density at radius 3 is 2.06 bits per heavy atom. The molecule has 0 saturated heterocycles. The highest BCUT2D eigenvalue weighted by molar-refractivity contribution is 4.74. The summed E-state index contributed by atoms with van der Waals surface area (Å²) in [5.41, 5.74) is 0. The van der Waals surface area contributed by atoms with E-state index in [0.29, 0.717) is 0 Å². The van der Waals surface area contributed by atoms with Crippen molar-refractivity contribution in [2.24, 2.45) is 17.8 Å². The van der Waals surface area contributed by atoms with Crippen molar-refractivity contribution < 1.29 is 0 Å². The van der Waals surface area contributed by atoms with Crippen LogP contribution in [-0.2, 0) is 0 Å². The molecule has 0 N–H and O–H groups in total. The molecular weight excluding hydrogens is 192 g/mol. The minimum Gasteiger partial charge on any atom is -0.0683 e. The van der Waals surface area contributed by atoms with Crippen molar-refractivity contribution in [3.8, 4) is 0 Å². The van der Waals surface area contributed by atoms with Crippen LogP contribution in [0.15, 0.2) is 0 Å². The standard InChI is InChI=1S/C14H28.C2H6/c1-4-5-6-7-13(3)14-10-8-12(2)9-11-14;1-2/h12-14H,4-11H2,1-3H3;1-2H3/t12?,13-,14?;/m0./s1. The fourth-order valence-corrected chi connectivity index (χ4v) is 2.81. The molecule has 0 aliphatic heterocycles. The van der Waals surface area contributed by atoms with Crippen molar-refractivity contribution >= 4 is 0 Å². The highest BCUT2D eigenvalue weighted by atomic mass is 14.3. The highest BCUT2D eigenvalue weighted by Crippen LogP contribution is 2.34. The van der Waals surface area contributed by atoms with Gasteiger partial charge in [-0.1, -0.05) is 73.1 Å². The quantitative estimate of drug-likeness (QED) is 0.500. The van der Waals surface area contributed by atoms with Crippen LogP contribution < -0.4 is 0 Å².